The number of nitrogens with zero attached hydrogens (tertiary/aromatic N) is 4. The van der Waals surface area contributed by atoms with Crippen molar-refractivity contribution in [3.63, 3.8) is 0 Å². The van der Waals surface area contributed by atoms with Gasteiger partial charge in [0.1, 0.15) is 17.9 Å². The third-order valence-corrected chi connectivity index (χ3v) is 6.20. The number of carbonyl (C=O) groups excluding carboxylic acids is 2. The molecular weight excluding hydrogens is 489 g/mol. The van der Waals surface area contributed by atoms with Crippen LogP contribution in [0.1, 0.15) is 18.2 Å². The van der Waals surface area contributed by atoms with Crippen LogP contribution in [0, 0.1) is 6.92 Å². The molecule has 0 aliphatic heterocycles. The predicted molar refractivity (Wildman–Crippen MR) is 136 cm³/mol. The fraction of sp³-hybridized carbons (Fsp3) is 0.200. The molecule has 0 radical (unpaired) electrons. The highest BCUT2D eigenvalue weighted by Crippen LogP contribution is 2.36. The molecule has 4 rings (SSSR count). The van der Waals surface area contributed by atoms with Gasteiger partial charge in [0, 0.05) is 48.0 Å². The van der Waals surface area contributed by atoms with Gasteiger partial charge in [-0.3, -0.25) is 9.59 Å². The molecule has 2 amide bonds. The fourth-order valence-corrected chi connectivity index (χ4v) is 4.23. The smallest absolute Gasteiger partial charge is 0.246 e. The van der Waals surface area contributed by atoms with Gasteiger partial charge >= 0.3 is 0 Å². The summed E-state index contributed by atoms with van der Waals surface area (Å²) >= 11 is 13.1. The lowest BCUT2D eigenvalue weighted by Gasteiger charge is -2.21. The number of benzene rings is 2. The molecule has 4 aromatic rings. The first-order valence-corrected chi connectivity index (χ1v) is 11.5. The fourth-order valence-electron chi connectivity index (χ4n) is 3.63. The van der Waals surface area contributed by atoms with Gasteiger partial charge in [-0.05, 0) is 37.3 Å². The third-order valence-electron chi connectivity index (χ3n) is 5.42. The van der Waals surface area contributed by atoms with E-state index in [0.29, 0.717) is 27.5 Å². The Morgan fingerprint density at radius 3 is 2.69 bits per heavy atom. The van der Waals surface area contributed by atoms with Crippen molar-refractivity contribution in [1.82, 2.24) is 20.1 Å². The van der Waals surface area contributed by atoms with Crippen molar-refractivity contribution < 1.29 is 14.3 Å². The summed E-state index contributed by atoms with van der Waals surface area (Å²) in [5, 5.41) is 8.41. The highest BCUT2D eigenvalue weighted by atomic mass is 35.5. The SMILES string of the molecule is CC(=O)NCC(=O)N(C)c1ccc(Cl)c(COc2cccc3c(-n4cccn4)cc(C)nc23)c1Cl. The van der Waals surface area contributed by atoms with Gasteiger partial charge in [0.15, 0.2) is 0 Å². The van der Waals surface area contributed by atoms with E-state index >= 15 is 0 Å². The minimum atomic E-state index is -0.323. The third kappa shape index (κ3) is 5.23. The lowest BCUT2D eigenvalue weighted by Crippen LogP contribution is -2.37. The van der Waals surface area contributed by atoms with Crippen molar-refractivity contribution in [3.8, 4) is 11.4 Å². The summed E-state index contributed by atoms with van der Waals surface area (Å²) in [6, 6.07) is 12.8. The summed E-state index contributed by atoms with van der Waals surface area (Å²) in [6.45, 7) is 3.18. The molecule has 8 nitrogen and oxygen atoms in total. The second-order valence-electron chi connectivity index (χ2n) is 7.90. The maximum Gasteiger partial charge on any atom is 0.246 e. The van der Waals surface area contributed by atoms with Crippen LogP contribution in [0.3, 0.4) is 0 Å². The lowest BCUT2D eigenvalue weighted by atomic mass is 10.1. The number of likely N-dealkylation sites (N-methyl/N-ethyl adjacent to an activating group) is 1. The molecule has 0 saturated carbocycles. The van der Waals surface area contributed by atoms with E-state index in [0.717, 1.165) is 16.8 Å². The highest BCUT2D eigenvalue weighted by molar-refractivity contribution is 6.38. The van der Waals surface area contributed by atoms with Crippen LogP contribution >= 0.6 is 23.2 Å². The molecule has 1 N–H and O–H groups in total. The molecule has 0 aliphatic carbocycles. The summed E-state index contributed by atoms with van der Waals surface area (Å²) in [5.74, 6) is -0.0545. The molecular formula is C25H23Cl2N5O3. The molecule has 2 aromatic carbocycles. The molecule has 0 aliphatic rings. The Labute approximate surface area is 212 Å². The normalized spacial score (nSPS) is 10.9. The number of halogens is 2. The van der Waals surface area contributed by atoms with Crippen molar-refractivity contribution >= 4 is 51.6 Å². The minimum absolute atomic E-state index is 0.0606. The molecule has 0 unspecified atom stereocenters. The zero-order chi connectivity index (χ0) is 25.1. The quantitative estimate of drug-likeness (QED) is 0.387. The minimum Gasteiger partial charge on any atom is -0.487 e. The average molecular weight is 512 g/mol. The van der Waals surface area contributed by atoms with E-state index in [1.54, 1.807) is 30.1 Å². The highest BCUT2D eigenvalue weighted by Gasteiger charge is 2.19. The van der Waals surface area contributed by atoms with Gasteiger partial charge < -0.3 is 15.0 Å². The number of ether oxygens (including phenoxy) is 1. The van der Waals surface area contributed by atoms with Gasteiger partial charge in [0.2, 0.25) is 11.8 Å². The van der Waals surface area contributed by atoms with Crippen LogP contribution in [0.4, 0.5) is 5.69 Å². The largest absolute Gasteiger partial charge is 0.487 e. The molecule has 0 atom stereocenters. The summed E-state index contributed by atoms with van der Waals surface area (Å²) in [4.78, 5) is 29.7. The zero-order valence-corrected chi connectivity index (χ0v) is 20.9. The van der Waals surface area contributed by atoms with E-state index in [-0.39, 0.29) is 30.0 Å². The molecule has 10 heteroatoms. The topological polar surface area (TPSA) is 89.4 Å². The number of fused-ring (bicyclic) bond motifs is 1. The average Bonchev–Trinajstić information content (AvgIpc) is 3.36. The second kappa shape index (κ2) is 10.3. The number of hydrogen-bond donors (Lipinski definition) is 1. The maximum atomic E-state index is 12.5. The molecule has 0 bridgehead atoms. The van der Waals surface area contributed by atoms with Crippen molar-refractivity contribution in [1.29, 1.82) is 0 Å². The predicted octanol–water partition coefficient (Wildman–Crippen LogP) is 4.71. The number of para-hydroxylation sites is 1. The molecule has 2 heterocycles. The molecule has 0 saturated heterocycles. The number of anilines is 1. The van der Waals surface area contributed by atoms with Gasteiger partial charge in [-0.15, -0.1) is 0 Å². The summed E-state index contributed by atoms with van der Waals surface area (Å²) in [7, 11) is 1.58. The van der Waals surface area contributed by atoms with E-state index in [9.17, 15) is 9.59 Å². The van der Waals surface area contributed by atoms with Crippen LogP contribution in [0.2, 0.25) is 10.0 Å². The number of amides is 2. The van der Waals surface area contributed by atoms with Gasteiger partial charge in [-0.25, -0.2) is 9.67 Å². The van der Waals surface area contributed by atoms with Crippen LogP contribution in [0.25, 0.3) is 16.6 Å². The number of aromatic nitrogens is 3. The monoisotopic (exact) mass is 511 g/mol. The van der Waals surface area contributed by atoms with E-state index in [1.807, 2.05) is 43.5 Å². The van der Waals surface area contributed by atoms with Crippen LogP contribution in [-0.4, -0.2) is 40.2 Å². The Balaban J connectivity index is 1.64. The number of carbonyl (C=O) groups is 2. The van der Waals surface area contributed by atoms with E-state index in [1.165, 1.54) is 11.8 Å². The van der Waals surface area contributed by atoms with Crippen LogP contribution < -0.4 is 15.0 Å². The standard InChI is InChI=1S/C25H23Cl2N5O3/c1-15-12-21(32-11-5-10-29-32)17-6-4-7-22(25(17)30-15)35-14-18-19(26)8-9-20(24(18)27)31(3)23(34)13-28-16(2)33/h4-12H,13-14H2,1-3H3,(H,28,33). The van der Waals surface area contributed by atoms with Crippen molar-refractivity contribution in [2.75, 3.05) is 18.5 Å². The number of pyridine rings is 1. The number of aryl methyl sites for hydroxylation is 1. The van der Waals surface area contributed by atoms with E-state index in [4.69, 9.17) is 27.9 Å². The summed E-state index contributed by atoms with van der Waals surface area (Å²) in [6.07, 6.45) is 3.59. The zero-order valence-electron chi connectivity index (χ0n) is 19.4. The Bertz CT molecular complexity index is 1410. The van der Waals surface area contributed by atoms with Crippen molar-refractivity contribution in [3.05, 3.63) is 76.2 Å². The Hall–Kier alpha value is -3.62. The van der Waals surface area contributed by atoms with Crippen LogP contribution in [-0.2, 0) is 16.2 Å². The Morgan fingerprint density at radius 1 is 1.17 bits per heavy atom. The maximum absolute atomic E-state index is 12.5. The van der Waals surface area contributed by atoms with Crippen LogP contribution in [0.5, 0.6) is 5.75 Å². The van der Waals surface area contributed by atoms with Crippen molar-refractivity contribution in [2.45, 2.75) is 20.5 Å². The number of nitrogens with one attached hydrogen (secondary N) is 1. The molecule has 0 fully saturated rings. The van der Waals surface area contributed by atoms with Gasteiger partial charge in [-0.1, -0.05) is 35.3 Å². The van der Waals surface area contributed by atoms with Crippen LogP contribution in [0.15, 0.2) is 54.9 Å². The molecule has 0 spiro atoms. The summed E-state index contributed by atoms with van der Waals surface area (Å²) < 4.78 is 7.93. The summed E-state index contributed by atoms with van der Waals surface area (Å²) in [5.41, 5.74) is 3.38. The van der Waals surface area contributed by atoms with Crippen molar-refractivity contribution in [2.24, 2.45) is 0 Å². The molecule has 2 aromatic heterocycles. The number of rotatable bonds is 7. The van der Waals surface area contributed by atoms with E-state index in [2.05, 4.69) is 15.4 Å². The van der Waals surface area contributed by atoms with Gasteiger partial charge in [-0.2, -0.15) is 5.10 Å². The van der Waals surface area contributed by atoms with Gasteiger partial charge in [0.05, 0.1) is 22.9 Å². The molecule has 180 valence electrons. The van der Waals surface area contributed by atoms with Gasteiger partial charge in [0.25, 0.3) is 0 Å². The Kier molecular flexibility index (Phi) is 7.23. The second-order valence-corrected chi connectivity index (χ2v) is 8.68. The first kappa shape index (κ1) is 24.5. The first-order valence-electron chi connectivity index (χ1n) is 10.8. The molecule has 35 heavy (non-hydrogen) atoms. The lowest BCUT2D eigenvalue weighted by molar-refractivity contribution is -0.123. The Morgan fingerprint density at radius 2 is 1.97 bits per heavy atom. The first-order chi connectivity index (χ1) is 16.8. The number of hydrogen-bond acceptors (Lipinski definition) is 5. The van der Waals surface area contributed by atoms with E-state index < -0.39 is 0 Å².